The summed E-state index contributed by atoms with van der Waals surface area (Å²) in [4.78, 5) is 14.5. The maximum absolute atomic E-state index is 10.8. The molecule has 0 bridgehead atoms. The van der Waals surface area contributed by atoms with Crippen LogP contribution in [0, 0.1) is 10.1 Å². The zero-order chi connectivity index (χ0) is 15.4. The summed E-state index contributed by atoms with van der Waals surface area (Å²) in [5.74, 6) is 1.06. The van der Waals surface area contributed by atoms with Gasteiger partial charge >= 0.3 is 0 Å². The molecule has 1 N–H and O–H groups in total. The van der Waals surface area contributed by atoms with Crippen molar-refractivity contribution in [3.63, 3.8) is 0 Å². The van der Waals surface area contributed by atoms with E-state index in [0.29, 0.717) is 34.7 Å². The smallest absolute Gasteiger partial charge is 0.271 e. The molecule has 112 valence electrons. The molecule has 0 fully saturated rings. The van der Waals surface area contributed by atoms with Crippen LogP contribution in [0.3, 0.4) is 0 Å². The lowest BCUT2D eigenvalue weighted by atomic mass is 10.1. The van der Waals surface area contributed by atoms with E-state index in [-0.39, 0.29) is 5.69 Å². The Balaban J connectivity index is 2.15. The molecule has 0 atom stereocenters. The third kappa shape index (κ3) is 4.27. The summed E-state index contributed by atoms with van der Waals surface area (Å²) in [5, 5.41) is 14.4. The summed E-state index contributed by atoms with van der Waals surface area (Å²) < 4.78 is 5.61. The maximum atomic E-state index is 10.8. The minimum absolute atomic E-state index is 0.0723. The van der Waals surface area contributed by atoms with Gasteiger partial charge in [0.15, 0.2) is 11.7 Å². The summed E-state index contributed by atoms with van der Waals surface area (Å²) in [6.45, 7) is 4.88. The number of hydrogen-bond acceptors (Lipinski definition) is 5. The van der Waals surface area contributed by atoms with Crippen molar-refractivity contribution in [1.82, 2.24) is 10.3 Å². The molecular formula is C14H16ClN3O3. The van der Waals surface area contributed by atoms with Crippen LogP contribution in [0.5, 0.6) is 0 Å². The molecule has 21 heavy (non-hydrogen) atoms. The van der Waals surface area contributed by atoms with Gasteiger partial charge in [-0.25, -0.2) is 4.98 Å². The van der Waals surface area contributed by atoms with Gasteiger partial charge < -0.3 is 9.73 Å². The van der Waals surface area contributed by atoms with Crippen LogP contribution in [0.15, 0.2) is 28.8 Å². The standard InChI is InChI=1S/C14H16ClN3O3/c1-9(2)16-4-3-14-17-8-13(21-14)10-5-11(15)7-12(6-10)18(19)20/h5-9,16H,3-4H2,1-2H3. The quantitative estimate of drug-likeness (QED) is 0.653. The Labute approximate surface area is 127 Å². The van der Waals surface area contributed by atoms with E-state index < -0.39 is 4.92 Å². The van der Waals surface area contributed by atoms with Gasteiger partial charge in [-0.15, -0.1) is 0 Å². The average Bonchev–Trinajstić information content (AvgIpc) is 2.86. The summed E-state index contributed by atoms with van der Waals surface area (Å²) in [6, 6.07) is 4.73. The van der Waals surface area contributed by atoms with E-state index in [1.807, 2.05) is 0 Å². The number of hydrogen-bond donors (Lipinski definition) is 1. The van der Waals surface area contributed by atoms with Crippen LogP contribution in [-0.2, 0) is 6.42 Å². The van der Waals surface area contributed by atoms with Gasteiger partial charge in [-0.05, 0) is 6.07 Å². The monoisotopic (exact) mass is 309 g/mol. The topological polar surface area (TPSA) is 81.2 Å². The Morgan fingerprint density at radius 1 is 1.43 bits per heavy atom. The Morgan fingerprint density at radius 2 is 2.19 bits per heavy atom. The van der Waals surface area contributed by atoms with Crippen LogP contribution in [0.4, 0.5) is 5.69 Å². The third-order valence-electron chi connectivity index (χ3n) is 2.82. The summed E-state index contributed by atoms with van der Waals surface area (Å²) >= 11 is 5.89. The summed E-state index contributed by atoms with van der Waals surface area (Å²) in [5.41, 5.74) is 0.474. The Bertz CT molecular complexity index is 640. The Kier molecular flexibility index (Phi) is 4.93. The second kappa shape index (κ2) is 6.69. The molecule has 2 aromatic rings. The second-order valence-corrected chi connectivity index (χ2v) is 5.37. The number of rotatable bonds is 6. The van der Waals surface area contributed by atoms with Crippen molar-refractivity contribution in [2.45, 2.75) is 26.3 Å². The summed E-state index contributed by atoms with van der Waals surface area (Å²) in [6.07, 6.45) is 2.21. The molecule has 1 heterocycles. The van der Waals surface area contributed by atoms with E-state index in [4.69, 9.17) is 16.0 Å². The molecular weight excluding hydrogens is 294 g/mol. The minimum atomic E-state index is -0.487. The van der Waals surface area contributed by atoms with E-state index in [1.54, 1.807) is 12.3 Å². The first-order valence-corrected chi connectivity index (χ1v) is 6.97. The van der Waals surface area contributed by atoms with Crippen LogP contribution in [0.25, 0.3) is 11.3 Å². The highest BCUT2D eigenvalue weighted by molar-refractivity contribution is 6.31. The highest BCUT2D eigenvalue weighted by Gasteiger charge is 2.13. The second-order valence-electron chi connectivity index (χ2n) is 4.93. The molecule has 0 unspecified atom stereocenters. The summed E-state index contributed by atoms with van der Waals surface area (Å²) in [7, 11) is 0. The largest absolute Gasteiger partial charge is 0.441 e. The molecule has 0 amide bonds. The van der Waals surface area contributed by atoms with Gasteiger partial charge in [-0.3, -0.25) is 10.1 Å². The van der Waals surface area contributed by atoms with Gasteiger partial charge in [-0.2, -0.15) is 0 Å². The molecule has 0 aliphatic carbocycles. The van der Waals surface area contributed by atoms with E-state index in [9.17, 15) is 10.1 Å². The predicted octanol–water partition coefficient (Wildman–Crippen LogP) is 3.44. The fraction of sp³-hybridized carbons (Fsp3) is 0.357. The SMILES string of the molecule is CC(C)NCCc1ncc(-c2cc(Cl)cc([N+](=O)[O-])c2)o1. The van der Waals surface area contributed by atoms with Crippen molar-refractivity contribution in [3.8, 4) is 11.3 Å². The van der Waals surface area contributed by atoms with Crippen LogP contribution in [0.1, 0.15) is 19.7 Å². The molecule has 1 aromatic heterocycles. The molecule has 0 saturated heterocycles. The molecule has 0 radical (unpaired) electrons. The van der Waals surface area contributed by atoms with Gasteiger partial charge in [0.1, 0.15) is 0 Å². The zero-order valence-electron chi connectivity index (χ0n) is 11.8. The predicted molar refractivity (Wildman–Crippen MR) is 80.4 cm³/mol. The van der Waals surface area contributed by atoms with E-state index in [0.717, 1.165) is 6.54 Å². The third-order valence-corrected chi connectivity index (χ3v) is 3.04. The lowest BCUT2D eigenvalue weighted by Crippen LogP contribution is -2.24. The number of non-ortho nitro benzene ring substituents is 1. The first-order valence-electron chi connectivity index (χ1n) is 6.59. The van der Waals surface area contributed by atoms with E-state index in [1.165, 1.54) is 12.1 Å². The molecule has 7 heteroatoms. The number of aromatic nitrogens is 1. The highest BCUT2D eigenvalue weighted by atomic mass is 35.5. The van der Waals surface area contributed by atoms with E-state index >= 15 is 0 Å². The average molecular weight is 310 g/mol. The molecule has 0 aliphatic heterocycles. The molecule has 0 spiro atoms. The van der Waals surface area contributed by atoms with Crippen molar-refractivity contribution < 1.29 is 9.34 Å². The first kappa shape index (κ1) is 15.5. The first-order chi connectivity index (χ1) is 9.95. The van der Waals surface area contributed by atoms with Gasteiger partial charge in [0.2, 0.25) is 0 Å². The van der Waals surface area contributed by atoms with Crippen LogP contribution in [-0.4, -0.2) is 22.5 Å². The van der Waals surface area contributed by atoms with Crippen molar-refractivity contribution in [1.29, 1.82) is 0 Å². The number of benzene rings is 1. The number of nitro benzene ring substituents is 1. The molecule has 1 aromatic carbocycles. The molecule has 2 rings (SSSR count). The highest BCUT2D eigenvalue weighted by Crippen LogP contribution is 2.28. The van der Waals surface area contributed by atoms with Crippen molar-refractivity contribution in [2.75, 3.05) is 6.54 Å². The van der Waals surface area contributed by atoms with Crippen LogP contribution in [0.2, 0.25) is 5.02 Å². The lowest BCUT2D eigenvalue weighted by Gasteiger charge is -2.05. The Hall–Kier alpha value is -1.92. The molecule has 0 saturated carbocycles. The molecule has 6 nitrogen and oxygen atoms in total. The van der Waals surface area contributed by atoms with Gasteiger partial charge in [-0.1, -0.05) is 25.4 Å². The van der Waals surface area contributed by atoms with Crippen molar-refractivity contribution >= 4 is 17.3 Å². The van der Waals surface area contributed by atoms with Gasteiger partial charge in [0.25, 0.3) is 5.69 Å². The van der Waals surface area contributed by atoms with Gasteiger partial charge in [0, 0.05) is 41.7 Å². The van der Waals surface area contributed by atoms with E-state index in [2.05, 4.69) is 24.1 Å². The normalized spacial score (nSPS) is 11.0. The van der Waals surface area contributed by atoms with Gasteiger partial charge in [0.05, 0.1) is 11.1 Å². The minimum Gasteiger partial charge on any atom is -0.441 e. The lowest BCUT2D eigenvalue weighted by molar-refractivity contribution is -0.384. The number of nitrogens with one attached hydrogen (secondary N) is 1. The fourth-order valence-corrected chi connectivity index (χ4v) is 2.08. The van der Waals surface area contributed by atoms with Crippen molar-refractivity contribution in [3.05, 3.63) is 45.4 Å². The Morgan fingerprint density at radius 3 is 2.86 bits per heavy atom. The van der Waals surface area contributed by atoms with Crippen LogP contribution >= 0.6 is 11.6 Å². The van der Waals surface area contributed by atoms with Crippen LogP contribution < -0.4 is 5.32 Å². The fourth-order valence-electron chi connectivity index (χ4n) is 1.85. The maximum Gasteiger partial charge on any atom is 0.271 e. The zero-order valence-corrected chi connectivity index (χ0v) is 12.6. The number of oxazole rings is 1. The molecule has 0 aliphatic rings. The number of nitrogens with zero attached hydrogens (tertiary/aromatic N) is 2. The van der Waals surface area contributed by atoms with Crippen molar-refractivity contribution in [2.24, 2.45) is 0 Å². The number of nitro groups is 1. The number of halogens is 1.